The van der Waals surface area contributed by atoms with Crippen molar-refractivity contribution in [3.8, 4) is 0 Å². The fraction of sp³-hybridized carbons (Fsp3) is 0.533. The van der Waals surface area contributed by atoms with Crippen LogP contribution in [0.15, 0.2) is 23.2 Å². The van der Waals surface area contributed by atoms with Gasteiger partial charge in [-0.1, -0.05) is 12.1 Å². The number of nitrogens with zero attached hydrogens (tertiary/aromatic N) is 1. The van der Waals surface area contributed by atoms with Crippen LogP contribution in [-0.4, -0.2) is 25.3 Å². The zero-order valence-corrected chi connectivity index (χ0v) is 10.5. The second kappa shape index (κ2) is 3.65. The molecule has 2 heterocycles. The molecular weight excluding hydrogens is 222 g/mol. The van der Waals surface area contributed by atoms with E-state index in [1.54, 1.807) is 0 Å². The third-order valence-electron chi connectivity index (χ3n) is 4.96. The fourth-order valence-electron chi connectivity index (χ4n) is 4.10. The van der Waals surface area contributed by atoms with Crippen LogP contribution in [0.25, 0.3) is 0 Å². The van der Waals surface area contributed by atoms with Crippen molar-refractivity contribution in [3.63, 3.8) is 0 Å². The molecule has 1 fully saturated rings. The summed E-state index contributed by atoms with van der Waals surface area (Å²) >= 11 is 0. The molecule has 0 spiro atoms. The Morgan fingerprint density at radius 2 is 2.39 bits per heavy atom. The molecule has 3 nitrogen and oxygen atoms in total. The lowest BCUT2D eigenvalue weighted by atomic mass is 9.63. The maximum atomic E-state index is 6.10. The van der Waals surface area contributed by atoms with Crippen molar-refractivity contribution in [1.82, 2.24) is 5.32 Å². The maximum Gasteiger partial charge on any atom is 0.0670 e. The van der Waals surface area contributed by atoms with Crippen molar-refractivity contribution < 1.29 is 0 Å². The maximum absolute atomic E-state index is 6.10. The quantitative estimate of drug-likeness (QED) is 0.788. The third kappa shape index (κ3) is 1.24. The highest BCUT2D eigenvalue weighted by Gasteiger charge is 2.47. The predicted molar refractivity (Wildman–Crippen MR) is 73.7 cm³/mol. The monoisotopic (exact) mass is 241 g/mol. The largest absolute Gasteiger partial charge is 0.329 e. The van der Waals surface area contributed by atoms with Crippen LogP contribution >= 0.6 is 0 Å². The first-order valence-corrected chi connectivity index (χ1v) is 6.96. The average Bonchev–Trinajstić information content (AvgIpc) is 2.80. The molecule has 0 amide bonds. The van der Waals surface area contributed by atoms with Gasteiger partial charge in [-0.15, -0.1) is 0 Å². The molecule has 3 N–H and O–H groups in total. The minimum Gasteiger partial charge on any atom is -0.329 e. The van der Waals surface area contributed by atoms with Gasteiger partial charge < -0.3 is 11.1 Å². The highest BCUT2D eigenvalue weighted by atomic mass is 15.0. The minimum atomic E-state index is -0.00255. The second-order valence-corrected chi connectivity index (χ2v) is 5.87. The number of aliphatic imine (C=N–C) groups is 1. The van der Waals surface area contributed by atoms with Crippen LogP contribution in [0.1, 0.15) is 36.3 Å². The van der Waals surface area contributed by atoms with Crippen LogP contribution in [0.4, 0.5) is 5.69 Å². The summed E-state index contributed by atoms with van der Waals surface area (Å²) < 4.78 is 0. The van der Waals surface area contributed by atoms with Gasteiger partial charge in [-0.2, -0.15) is 0 Å². The van der Waals surface area contributed by atoms with Gasteiger partial charge in [0.1, 0.15) is 0 Å². The highest BCUT2D eigenvalue weighted by molar-refractivity contribution is 5.87. The Balaban J connectivity index is 1.93. The van der Waals surface area contributed by atoms with Gasteiger partial charge in [0.15, 0.2) is 0 Å². The molecule has 1 aromatic rings. The van der Waals surface area contributed by atoms with E-state index in [0.717, 1.165) is 18.7 Å². The van der Waals surface area contributed by atoms with E-state index in [9.17, 15) is 0 Å². The predicted octanol–water partition coefficient (Wildman–Crippen LogP) is 1.84. The molecule has 94 valence electrons. The van der Waals surface area contributed by atoms with Gasteiger partial charge in [0.05, 0.1) is 5.69 Å². The fourth-order valence-corrected chi connectivity index (χ4v) is 4.10. The molecule has 3 heteroatoms. The molecule has 1 aliphatic carbocycles. The molecule has 0 saturated carbocycles. The minimum absolute atomic E-state index is 0.00255. The third-order valence-corrected chi connectivity index (χ3v) is 4.96. The van der Waals surface area contributed by atoms with Gasteiger partial charge in [0.2, 0.25) is 0 Å². The van der Waals surface area contributed by atoms with Crippen molar-refractivity contribution in [3.05, 3.63) is 29.3 Å². The first kappa shape index (κ1) is 10.7. The van der Waals surface area contributed by atoms with Crippen molar-refractivity contribution in [2.24, 2.45) is 10.7 Å². The van der Waals surface area contributed by atoms with Gasteiger partial charge in [-0.25, -0.2) is 0 Å². The summed E-state index contributed by atoms with van der Waals surface area (Å²) in [6.45, 7) is 1.82. The van der Waals surface area contributed by atoms with Gasteiger partial charge in [0.25, 0.3) is 0 Å². The molecule has 1 saturated heterocycles. The van der Waals surface area contributed by atoms with Gasteiger partial charge in [-0.05, 0) is 48.9 Å². The number of nitrogens with one attached hydrogen (secondary N) is 1. The molecule has 1 aromatic carbocycles. The molecule has 2 aliphatic heterocycles. The lowest BCUT2D eigenvalue weighted by molar-refractivity contribution is 0.281. The Hall–Kier alpha value is -1.19. The van der Waals surface area contributed by atoms with E-state index in [1.165, 1.54) is 24.0 Å². The summed E-state index contributed by atoms with van der Waals surface area (Å²) in [6, 6.07) is 7.15. The van der Waals surface area contributed by atoms with E-state index in [0.29, 0.717) is 18.5 Å². The number of fused-ring (bicyclic) bond motifs is 2. The highest BCUT2D eigenvalue weighted by Crippen LogP contribution is 2.50. The Kier molecular flexibility index (Phi) is 2.17. The number of hydrogen-bond donors (Lipinski definition) is 2. The zero-order chi connectivity index (χ0) is 12.2. The van der Waals surface area contributed by atoms with Gasteiger partial charge >= 0.3 is 0 Å². The Morgan fingerprint density at radius 3 is 3.28 bits per heavy atom. The van der Waals surface area contributed by atoms with Crippen LogP contribution in [0.5, 0.6) is 0 Å². The lowest BCUT2D eigenvalue weighted by Crippen LogP contribution is -2.51. The van der Waals surface area contributed by atoms with E-state index >= 15 is 0 Å². The first-order chi connectivity index (χ1) is 8.84. The van der Waals surface area contributed by atoms with E-state index < -0.39 is 0 Å². The summed E-state index contributed by atoms with van der Waals surface area (Å²) in [4.78, 5) is 4.62. The van der Waals surface area contributed by atoms with Crippen molar-refractivity contribution in [1.29, 1.82) is 0 Å². The van der Waals surface area contributed by atoms with E-state index in [-0.39, 0.29) is 5.41 Å². The van der Waals surface area contributed by atoms with Crippen LogP contribution in [0.3, 0.4) is 0 Å². The number of nitrogens with two attached hydrogens (primary N) is 1. The number of benzene rings is 1. The number of rotatable bonds is 1. The van der Waals surface area contributed by atoms with Crippen molar-refractivity contribution in [2.45, 2.75) is 36.6 Å². The zero-order valence-electron chi connectivity index (χ0n) is 10.5. The van der Waals surface area contributed by atoms with E-state index in [1.807, 2.05) is 0 Å². The molecule has 0 radical (unpaired) electrons. The van der Waals surface area contributed by atoms with Crippen LogP contribution in [0.2, 0.25) is 0 Å². The Labute approximate surface area is 107 Å². The number of piperidine rings is 1. The summed E-state index contributed by atoms with van der Waals surface area (Å²) in [7, 11) is 0. The first-order valence-electron chi connectivity index (χ1n) is 6.96. The van der Waals surface area contributed by atoms with Crippen LogP contribution in [0, 0.1) is 0 Å². The summed E-state index contributed by atoms with van der Waals surface area (Å²) in [5.41, 5.74) is 10.2. The summed E-state index contributed by atoms with van der Waals surface area (Å²) in [6.07, 6.45) is 5.80. The van der Waals surface area contributed by atoms with Crippen LogP contribution < -0.4 is 11.1 Å². The molecule has 0 bridgehead atoms. The molecule has 1 unspecified atom stereocenters. The lowest BCUT2D eigenvalue weighted by Gasteiger charge is -2.45. The summed E-state index contributed by atoms with van der Waals surface area (Å²) in [5.74, 6) is 0.662. The van der Waals surface area contributed by atoms with Gasteiger partial charge in [0, 0.05) is 24.2 Å². The molecule has 18 heavy (non-hydrogen) atoms. The average molecular weight is 241 g/mol. The Bertz CT molecular complexity index is 522. The summed E-state index contributed by atoms with van der Waals surface area (Å²) in [5, 5.41) is 3.69. The number of hydrogen-bond acceptors (Lipinski definition) is 3. The van der Waals surface area contributed by atoms with E-state index in [4.69, 9.17) is 5.73 Å². The van der Waals surface area contributed by atoms with Crippen molar-refractivity contribution in [2.75, 3.05) is 13.1 Å². The van der Waals surface area contributed by atoms with Crippen LogP contribution in [-0.2, 0) is 5.41 Å². The molecule has 0 aromatic heterocycles. The molecule has 3 aliphatic rings. The van der Waals surface area contributed by atoms with E-state index in [2.05, 4.69) is 34.7 Å². The molecular formula is C15H19N3. The SMILES string of the molecule is NCC12C=Nc3cccc(c31)[C@H]1CCCN[C@@H]1C2. The standard InChI is InChI=1S/C15H19N3/c16-8-15-7-13-10(4-2-6-17-13)11-3-1-5-12(14(11)15)18-9-15/h1,3,5,9-10,13,17H,2,4,6-8,16H2/t10-,13-,15?/m1/s1. The normalized spacial score (nSPS) is 36.3. The second-order valence-electron chi connectivity index (χ2n) is 5.87. The topological polar surface area (TPSA) is 50.4 Å². The van der Waals surface area contributed by atoms with Gasteiger partial charge in [-0.3, -0.25) is 4.99 Å². The molecule has 3 atom stereocenters. The molecule has 4 rings (SSSR count). The smallest absolute Gasteiger partial charge is 0.0670 e. The Morgan fingerprint density at radius 1 is 1.44 bits per heavy atom. The van der Waals surface area contributed by atoms with Crippen molar-refractivity contribution >= 4 is 11.9 Å².